The summed E-state index contributed by atoms with van der Waals surface area (Å²) in [6.07, 6.45) is 3.34. The van der Waals surface area contributed by atoms with E-state index < -0.39 is 28.5 Å². The van der Waals surface area contributed by atoms with Crippen molar-refractivity contribution in [3.8, 4) is 0 Å². The van der Waals surface area contributed by atoms with Crippen molar-refractivity contribution in [2.75, 3.05) is 31.3 Å². The van der Waals surface area contributed by atoms with Crippen LogP contribution in [0, 0.1) is 0 Å². The molecule has 1 amide bonds. The molecule has 0 aliphatic carbocycles. The Balaban J connectivity index is 1.62. The van der Waals surface area contributed by atoms with Crippen LogP contribution < -0.4 is 10.0 Å². The fraction of sp³-hybridized carbons (Fsp3) is 0.333. The number of hydrogen-bond donors (Lipinski definition) is 2. The van der Waals surface area contributed by atoms with Gasteiger partial charge in [-0.05, 0) is 49.4 Å². The molecule has 0 spiro atoms. The van der Waals surface area contributed by atoms with Crippen LogP contribution in [0.4, 0.5) is 5.69 Å². The molecular formula is C21H23ClN2O6S2. The topological polar surface area (TPSA) is 111 Å². The molecule has 11 heteroatoms. The molecule has 32 heavy (non-hydrogen) atoms. The number of carbonyl (C=O) groups is 2. The number of amides is 1. The van der Waals surface area contributed by atoms with Crippen LogP contribution in [-0.4, -0.2) is 52.4 Å². The van der Waals surface area contributed by atoms with E-state index in [1.165, 1.54) is 23.9 Å². The van der Waals surface area contributed by atoms with E-state index in [0.29, 0.717) is 12.3 Å². The lowest BCUT2D eigenvalue weighted by Gasteiger charge is -2.13. The number of rotatable bonds is 9. The maximum atomic E-state index is 12.6. The Labute approximate surface area is 196 Å². The second-order valence-corrected chi connectivity index (χ2v) is 9.95. The van der Waals surface area contributed by atoms with Gasteiger partial charge in [0.15, 0.2) is 6.61 Å². The SMILES string of the molecule is CSc1ccccc1NC(=O)COC(=O)c1ccc(Cl)c(S(=O)(=O)NCC2CCCO2)c1. The molecule has 0 saturated carbocycles. The van der Waals surface area contributed by atoms with Gasteiger partial charge in [-0.2, -0.15) is 0 Å². The summed E-state index contributed by atoms with van der Waals surface area (Å²) in [5.41, 5.74) is 0.572. The lowest BCUT2D eigenvalue weighted by Crippen LogP contribution is -2.32. The van der Waals surface area contributed by atoms with Crippen LogP contribution in [0.25, 0.3) is 0 Å². The highest BCUT2D eigenvalue weighted by Crippen LogP contribution is 2.25. The van der Waals surface area contributed by atoms with Crippen LogP contribution in [0.5, 0.6) is 0 Å². The van der Waals surface area contributed by atoms with E-state index in [4.69, 9.17) is 21.1 Å². The van der Waals surface area contributed by atoms with E-state index in [9.17, 15) is 18.0 Å². The maximum Gasteiger partial charge on any atom is 0.338 e. The van der Waals surface area contributed by atoms with E-state index in [1.54, 1.807) is 12.1 Å². The Morgan fingerprint density at radius 2 is 2.03 bits per heavy atom. The summed E-state index contributed by atoms with van der Waals surface area (Å²) in [7, 11) is -3.97. The van der Waals surface area contributed by atoms with Gasteiger partial charge in [-0.25, -0.2) is 17.9 Å². The van der Waals surface area contributed by atoms with Gasteiger partial charge >= 0.3 is 5.97 Å². The molecule has 2 aromatic carbocycles. The third kappa shape index (κ3) is 6.46. The van der Waals surface area contributed by atoms with Gasteiger partial charge < -0.3 is 14.8 Å². The smallest absolute Gasteiger partial charge is 0.338 e. The van der Waals surface area contributed by atoms with Crippen LogP contribution in [0.3, 0.4) is 0 Å². The number of carbonyl (C=O) groups excluding carboxylic acids is 2. The molecule has 0 aromatic heterocycles. The minimum absolute atomic E-state index is 0.0344. The summed E-state index contributed by atoms with van der Waals surface area (Å²) in [6.45, 7) is 0.194. The van der Waals surface area contributed by atoms with Gasteiger partial charge in [-0.15, -0.1) is 11.8 Å². The van der Waals surface area contributed by atoms with E-state index in [0.717, 1.165) is 23.8 Å². The maximum absolute atomic E-state index is 12.6. The Hall–Kier alpha value is -2.11. The first-order valence-corrected chi connectivity index (χ1v) is 12.9. The third-order valence-electron chi connectivity index (χ3n) is 4.70. The predicted octanol–water partition coefficient (Wildman–Crippen LogP) is 3.31. The normalized spacial score (nSPS) is 16.0. The molecule has 1 aliphatic rings. The van der Waals surface area contributed by atoms with Gasteiger partial charge in [0, 0.05) is 18.0 Å². The van der Waals surface area contributed by atoms with Crippen molar-refractivity contribution in [1.82, 2.24) is 4.72 Å². The van der Waals surface area contributed by atoms with E-state index in [2.05, 4.69) is 10.0 Å². The fourth-order valence-electron chi connectivity index (χ4n) is 3.07. The second-order valence-electron chi connectivity index (χ2n) is 6.96. The number of halogens is 1. The number of anilines is 1. The van der Waals surface area contributed by atoms with E-state index in [1.807, 2.05) is 18.4 Å². The number of ether oxygens (including phenoxy) is 2. The number of para-hydroxylation sites is 1. The molecule has 1 heterocycles. The molecule has 2 N–H and O–H groups in total. The number of sulfonamides is 1. The summed E-state index contributed by atoms with van der Waals surface area (Å²) in [5, 5.41) is 2.65. The van der Waals surface area contributed by atoms with Gasteiger partial charge in [-0.3, -0.25) is 4.79 Å². The van der Waals surface area contributed by atoms with Crippen LogP contribution in [0.1, 0.15) is 23.2 Å². The molecule has 1 aliphatic heterocycles. The molecule has 3 rings (SSSR count). The molecule has 0 bridgehead atoms. The number of esters is 1. The first-order chi connectivity index (χ1) is 15.3. The largest absolute Gasteiger partial charge is 0.452 e. The van der Waals surface area contributed by atoms with Crippen LogP contribution >= 0.6 is 23.4 Å². The molecule has 8 nitrogen and oxygen atoms in total. The fourth-order valence-corrected chi connectivity index (χ4v) is 5.21. The van der Waals surface area contributed by atoms with Crippen molar-refractivity contribution in [1.29, 1.82) is 0 Å². The highest BCUT2D eigenvalue weighted by atomic mass is 35.5. The molecule has 2 aromatic rings. The Morgan fingerprint density at radius 1 is 1.25 bits per heavy atom. The lowest BCUT2D eigenvalue weighted by atomic mass is 10.2. The Kier molecular flexibility index (Phi) is 8.55. The first-order valence-electron chi connectivity index (χ1n) is 9.81. The molecule has 1 saturated heterocycles. The standard InChI is InChI=1S/C21H23ClN2O6S2/c1-31-18-7-3-2-6-17(18)24-20(25)13-30-21(26)14-8-9-16(22)19(11-14)32(27,28)23-12-15-5-4-10-29-15/h2-3,6-9,11,15,23H,4-5,10,12-13H2,1H3,(H,24,25). The number of benzene rings is 2. The van der Waals surface area contributed by atoms with Crippen molar-refractivity contribution in [2.45, 2.75) is 28.7 Å². The molecule has 1 unspecified atom stereocenters. The highest BCUT2D eigenvalue weighted by molar-refractivity contribution is 7.98. The Morgan fingerprint density at radius 3 is 2.75 bits per heavy atom. The average Bonchev–Trinajstić information content (AvgIpc) is 3.30. The first kappa shape index (κ1) is 24.5. The predicted molar refractivity (Wildman–Crippen MR) is 123 cm³/mol. The minimum atomic E-state index is -3.97. The molecule has 0 radical (unpaired) electrons. The highest BCUT2D eigenvalue weighted by Gasteiger charge is 2.24. The van der Waals surface area contributed by atoms with Crippen molar-refractivity contribution in [3.63, 3.8) is 0 Å². The van der Waals surface area contributed by atoms with Gasteiger partial charge in [-0.1, -0.05) is 23.7 Å². The summed E-state index contributed by atoms with van der Waals surface area (Å²) in [6, 6.07) is 11.0. The van der Waals surface area contributed by atoms with E-state index in [-0.39, 0.29) is 28.1 Å². The lowest BCUT2D eigenvalue weighted by molar-refractivity contribution is -0.119. The summed E-state index contributed by atoms with van der Waals surface area (Å²) >= 11 is 7.53. The molecule has 172 valence electrons. The number of thioether (sulfide) groups is 1. The van der Waals surface area contributed by atoms with Gasteiger partial charge in [0.05, 0.1) is 22.4 Å². The number of nitrogens with one attached hydrogen (secondary N) is 2. The molecule has 1 fully saturated rings. The summed E-state index contributed by atoms with van der Waals surface area (Å²) < 4.78 is 38.2. The van der Waals surface area contributed by atoms with Crippen molar-refractivity contribution < 1.29 is 27.5 Å². The van der Waals surface area contributed by atoms with E-state index >= 15 is 0 Å². The Bertz CT molecular complexity index is 1090. The summed E-state index contributed by atoms with van der Waals surface area (Å²) in [5.74, 6) is -1.36. The second kappa shape index (κ2) is 11.2. The van der Waals surface area contributed by atoms with Gasteiger partial charge in [0.25, 0.3) is 5.91 Å². The minimum Gasteiger partial charge on any atom is -0.452 e. The quantitative estimate of drug-likeness (QED) is 0.403. The average molecular weight is 499 g/mol. The van der Waals surface area contributed by atoms with Gasteiger partial charge in [0.2, 0.25) is 10.0 Å². The third-order valence-corrected chi connectivity index (χ3v) is 7.40. The monoisotopic (exact) mass is 498 g/mol. The van der Waals surface area contributed by atoms with Crippen LogP contribution in [-0.2, 0) is 24.3 Å². The van der Waals surface area contributed by atoms with Gasteiger partial charge in [0.1, 0.15) is 4.90 Å². The van der Waals surface area contributed by atoms with Crippen molar-refractivity contribution in [3.05, 3.63) is 53.1 Å². The summed E-state index contributed by atoms with van der Waals surface area (Å²) in [4.78, 5) is 25.2. The zero-order valence-corrected chi connectivity index (χ0v) is 19.7. The zero-order chi connectivity index (χ0) is 23.1. The van der Waals surface area contributed by atoms with Crippen molar-refractivity contribution in [2.24, 2.45) is 0 Å². The van der Waals surface area contributed by atoms with Crippen molar-refractivity contribution >= 4 is 50.9 Å². The molecular weight excluding hydrogens is 476 g/mol. The van der Waals surface area contributed by atoms with Crippen LogP contribution in [0.15, 0.2) is 52.3 Å². The van der Waals surface area contributed by atoms with Crippen LogP contribution in [0.2, 0.25) is 5.02 Å². The molecule has 1 atom stereocenters. The number of hydrogen-bond acceptors (Lipinski definition) is 7. The zero-order valence-electron chi connectivity index (χ0n) is 17.3.